The maximum absolute atomic E-state index is 12.4. The van der Waals surface area contributed by atoms with E-state index >= 15 is 0 Å². The Balaban J connectivity index is 1.54. The summed E-state index contributed by atoms with van der Waals surface area (Å²) in [5.74, 6) is 0.0913. The largest absolute Gasteiger partial charge is 0.487 e. The lowest BCUT2D eigenvalue weighted by Crippen LogP contribution is -2.35. The monoisotopic (exact) mass is 424 g/mol. The Morgan fingerprint density at radius 1 is 1.24 bits per heavy atom. The van der Waals surface area contributed by atoms with Gasteiger partial charge in [0.15, 0.2) is 5.84 Å². The molecule has 0 atom stereocenters. The van der Waals surface area contributed by atoms with Crippen LogP contribution in [0.4, 0.5) is 0 Å². The number of amides is 1. The van der Waals surface area contributed by atoms with Crippen LogP contribution in [0.15, 0.2) is 58.1 Å². The molecule has 4 rings (SSSR count). The molecule has 0 aliphatic carbocycles. The highest BCUT2D eigenvalue weighted by atomic mass is 35.5. The van der Waals surface area contributed by atoms with Gasteiger partial charge in [0.25, 0.3) is 5.91 Å². The molecule has 0 unspecified atom stereocenters. The highest BCUT2D eigenvalue weighted by Crippen LogP contribution is 2.30. The van der Waals surface area contributed by atoms with Crippen LogP contribution in [0.3, 0.4) is 0 Å². The lowest BCUT2D eigenvalue weighted by molar-refractivity contribution is -0.114. The van der Waals surface area contributed by atoms with Gasteiger partial charge >= 0.3 is 0 Å². The minimum atomic E-state index is -0.463. The third kappa shape index (κ3) is 3.97. The minimum Gasteiger partial charge on any atom is -0.487 e. The van der Waals surface area contributed by atoms with Gasteiger partial charge in [-0.25, -0.2) is 0 Å². The van der Waals surface area contributed by atoms with Crippen molar-refractivity contribution < 1.29 is 9.53 Å². The van der Waals surface area contributed by atoms with Crippen LogP contribution in [0.2, 0.25) is 5.02 Å². The number of fused-ring (bicyclic) bond motifs is 1. The summed E-state index contributed by atoms with van der Waals surface area (Å²) < 4.78 is 5.85. The second kappa shape index (κ2) is 7.85. The number of rotatable bonds is 4. The average Bonchev–Trinajstić information content (AvgIpc) is 3.06. The topological polar surface area (TPSA) is 78.1 Å². The fraction of sp³-hybridized carbons (Fsp3) is 0.143. The number of hydrogen-bond acceptors (Lipinski definition) is 5. The van der Waals surface area contributed by atoms with Crippen LogP contribution in [-0.4, -0.2) is 27.0 Å². The molecule has 0 saturated carbocycles. The van der Waals surface area contributed by atoms with Gasteiger partial charge in [-0.1, -0.05) is 41.9 Å². The zero-order valence-electron chi connectivity index (χ0n) is 15.8. The van der Waals surface area contributed by atoms with Gasteiger partial charge in [0.1, 0.15) is 12.4 Å². The molecular weight excluding hydrogens is 408 g/mol. The van der Waals surface area contributed by atoms with Crippen LogP contribution in [0.1, 0.15) is 23.6 Å². The second-order valence-corrected chi connectivity index (χ2v) is 8.11. The van der Waals surface area contributed by atoms with Gasteiger partial charge in [-0.3, -0.25) is 10.2 Å². The molecule has 0 saturated heterocycles. The Bertz CT molecular complexity index is 1120. The molecule has 0 aromatic heterocycles. The van der Waals surface area contributed by atoms with E-state index in [-0.39, 0.29) is 11.4 Å². The maximum Gasteiger partial charge on any atom is 0.283 e. The van der Waals surface area contributed by atoms with Crippen LogP contribution in [0, 0.1) is 12.3 Å². The van der Waals surface area contributed by atoms with Gasteiger partial charge in [0.2, 0.25) is 5.17 Å². The zero-order valence-corrected chi connectivity index (χ0v) is 17.3. The third-order valence-corrected chi connectivity index (χ3v) is 5.59. The van der Waals surface area contributed by atoms with Crippen LogP contribution >= 0.6 is 23.4 Å². The number of hydrogen-bond donors (Lipinski definition) is 1. The first kappa shape index (κ1) is 19.4. The highest BCUT2D eigenvalue weighted by Gasteiger charge is 2.34. The van der Waals surface area contributed by atoms with Crippen LogP contribution < -0.4 is 4.74 Å². The molecule has 2 heterocycles. The van der Waals surface area contributed by atoms with Gasteiger partial charge in [-0.15, -0.1) is 0 Å². The van der Waals surface area contributed by atoms with Gasteiger partial charge in [-0.05, 0) is 60.5 Å². The molecule has 2 aliphatic rings. The number of hydrazone groups is 1. The van der Waals surface area contributed by atoms with Crippen molar-refractivity contribution >= 4 is 51.4 Å². The molecule has 0 spiro atoms. The molecule has 0 fully saturated rings. The number of thioether (sulfide) groups is 1. The van der Waals surface area contributed by atoms with E-state index in [9.17, 15) is 4.79 Å². The number of ether oxygens (including phenoxy) is 1. The van der Waals surface area contributed by atoms with Gasteiger partial charge in [-0.2, -0.15) is 15.1 Å². The molecule has 2 aliphatic heterocycles. The number of carbonyl (C=O) groups excluding carboxylic acids is 1. The predicted octanol–water partition coefficient (Wildman–Crippen LogP) is 4.87. The first-order valence-electron chi connectivity index (χ1n) is 8.86. The zero-order chi connectivity index (χ0) is 20.5. The number of amidine groups is 2. The normalized spacial score (nSPS) is 17.3. The van der Waals surface area contributed by atoms with Crippen LogP contribution in [-0.2, 0) is 11.4 Å². The highest BCUT2D eigenvalue weighted by molar-refractivity contribution is 8.26. The van der Waals surface area contributed by atoms with Crippen LogP contribution in [0.5, 0.6) is 5.75 Å². The van der Waals surface area contributed by atoms with E-state index in [1.54, 1.807) is 24.3 Å². The summed E-state index contributed by atoms with van der Waals surface area (Å²) in [6, 6.07) is 13.2. The number of benzene rings is 2. The Morgan fingerprint density at radius 3 is 2.79 bits per heavy atom. The molecule has 8 heteroatoms. The summed E-state index contributed by atoms with van der Waals surface area (Å²) in [5, 5.41) is 15.5. The van der Waals surface area contributed by atoms with Crippen molar-refractivity contribution in [2.24, 2.45) is 10.1 Å². The van der Waals surface area contributed by atoms with Crippen molar-refractivity contribution in [3.8, 4) is 5.75 Å². The molecule has 2 aromatic carbocycles. The Labute approximate surface area is 177 Å². The summed E-state index contributed by atoms with van der Waals surface area (Å²) in [5.41, 5.74) is 3.08. The number of nitrogens with one attached hydrogen (secondary N) is 1. The Kier molecular flexibility index (Phi) is 5.25. The molecular formula is C21H17ClN4O2S. The summed E-state index contributed by atoms with van der Waals surface area (Å²) in [6.45, 7) is 4.25. The maximum atomic E-state index is 12.4. The number of aryl methyl sites for hydroxylation is 1. The van der Waals surface area contributed by atoms with Gasteiger partial charge < -0.3 is 4.74 Å². The number of nitrogens with zero attached hydrogens (tertiary/aromatic N) is 3. The summed E-state index contributed by atoms with van der Waals surface area (Å²) in [6.07, 6.45) is 1.59. The van der Waals surface area contributed by atoms with Crippen molar-refractivity contribution in [1.29, 1.82) is 5.41 Å². The van der Waals surface area contributed by atoms with Crippen molar-refractivity contribution in [3.05, 3.63) is 69.8 Å². The SMILES string of the molecule is CC1=NN2C(=N)/C(=C/c3ccc(OCc4ccccc4C)c(Cl)c3)C(=O)N=C2S1. The molecule has 146 valence electrons. The van der Waals surface area contributed by atoms with Crippen molar-refractivity contribution in [3.63, 3.8) is 0 Å². The van der Waals surface area contributed by atoms with Crippen molar-refractivity contribution in [2.75, 3.05) is 0 Å². The average molecular weight is 425 g/mol. The fourth-order valence-corrected chi connectivity index (χ4v) is 3.88. The Morgan fingerprint density at radius 2 is 2.03 bits per heavy atom. The van der Waals surface area contributed by atoms with E-state index in [0.29, 0.717) is 28.1 Å². The molecule has 1 amide bonds. The second-order valence-electron chi connectivity index (χ2n) is 6.54. The lowest BCUT2D eigenvalue weighted by Gasteiger charge is -2.20. The van der Waals surface area contributed by atoms with Crippen LogP contribution in [0.25, 0.3) is 6.08 Å². The van der Waals surface area contributed by atoms with Gasteiger partial charge in [0, 0.05) is 0 Å². The first-order chi connectivity index (χ1) is 13.9. The smallest absolute Gasteiger partial charge is 0.283 e. The van der Waals surface area contributed by atoms with E-state index in [1.165, 1.54) is 16.8 Å². The van der Waals surface area contributed by atoms with E-state index in [1.807, 2.05) is 38.1 Å². The standard InChI is InChI=1S/C21H17ClN4O2S/c1-12-5-3-4-6-15(12)11-28-18-8-7-14(10-17(18)22)9-16-19(23)26-21(24-20(16)27)29-13(2)25-26/h3-10,23H,11H2,1-2H3/b16-9-,23-19?. The van der Waals surface area contributed by atoms with E-state index in [0.717, 1.165) is 16.2 Å². The molecule has 1 N–H and O–H groups in total. The van der Waals surface area contributed by atoms with Gasteiger partial charge in [0.05, 0.1) is 15.6 Å². The molecule has 0 radical (unpaired) electrons. The molecule has 29 heavy (non-hydrogen) atoms. The first-order valence-corrected chi connectivity index (χ1v) is 10.1. The molecule has 2 aromatic rings. The van der Waals surface area contributed by atoms with E-state index < -0.39 is 5.91 Å². The number of halogens is 1. The summed E-state index contributed by atoms with van der Waals surface area (Å²) in [4.78, 5) is 16.4. The lowest BCUT2D eigenvalue weighted by atomic mass is 10.1. The summed E-state index contributed by atoms with van der Waals surface area (Å²) in [7, 11) is 0. The number of aliphatic imine (C=N–C) groups is 1. The van der Waals surface area contributed by atoms with E-state index in [2.05, 4.69) is 10.1 Å². The predicted molar refractivity (Wildman–Crippen MR) is 118 cm³/mol. The minimum absolute atomic E-state index is 0.000326. The summed E-state index contributed by atoms with van der Waals surface area (Å²) >= 11 is 7.65. The molecule has 6 nitrogen and oxygen atoms in total. The quantitative estimate of drug-likeness (QED) is 0.710. The molecule has 0 bridgehead atoms. The van der Waals surface area contributed by atoms with Crippen molar-refractivity contribution in [2.45, 2.75) is 20.5 Å². The number of carbonyl (C=O) groups is 1. The third-order valence-electron chi connectivity index (χ3n) is 4.47. The fourth-order valence-electron chi connectivity index (χ4n) is 2.91. The van der Waals surface area contributed by atoms with Crippen molar-refractivity contribution in [1.82, 2.24) is 5.01 Å². The Hall–Kier alpha value is -2.90. The van der Waals surface area contributed by atoms with E-state index in [4.69, 9.17) is 21.7 Å².